The van der Waals surface area contributed by atoms with E-state index in [9.17, 15) is 4.79 Å². The lowest BCUT2D eigenvalue weighted by molar-refractivity contribution is 0.540. The van der Waals surface area contributed by atoms with Gasteiger partial charge in [0.05, 0.1) is 11.1 Å². The predicted molar refractivity (Wildman–Crippen MR) is 106 cm³/mol. The average Bonchev–Trinajstić information content (AvgIpc) is 3.37. The zero-order chi connectivity index (χ0) is 17.9. The predicted octanol–water partition coefficient (Wildman–Crippen LogP) is 3.79. The Morgan fingerprint density at radius 1 is 1.35 bits per heavy atom. The van der Waals surface area contributed by atoms with Crippen LogP contribution in [0.5, 0.6) is 0 Å². The first-order valence-electron chi connectivity index (χ1n) is 8.19. The van der Waals surface area contributed by atoms with E-state index in [1.165, 1.54) is 23.1 Å². The molecule has 0 aliphatic carbocycles. The van der Waals surface area contributed by atoms with Crippen molar-refractivity contribution in [2.75, 3.05) is 0 Å². The lowest BCUT2D eigenvalue weighted by atomic mass is 10.2. The van der Waals surface area contributed by atoms with E-state index < -0.39 is 0 Å². The third-order valence-electron chi connectivity index (χ3n) is 3.88. The highest BCUT2D eigenvalue weighted by molar-refractivity contribution is 7.98. The second-order valence-electron chi connectivity index (χ2n) is 5.64. The van der Waals surface area contributed by atoms with E-state index in [-0.39, 0.29) is 5.56 Å². The molecule has 0 aliphatic rings. The van der Waals surface area contributed by atoms with Crippen molar-refractivity contribution in [2.45, 2.75) is 37.2 Å². The number of aromatic amines is 1. The Morgan fingerprint density at radius 2 is 2.27 bits per heavy atom. The van der Waals surface area contributed by atoms with Gasteiger partial charge in [-0.15, -0.1) is 27.8 Å². The number of fused-ring (bicyclic) bond motifs is 1. The van der Waals surface area contributed by atoms with Crippen LogP contribution in [0.2, 0.25) is 0 Å². The summed E-state index contributed by atoms with van der Waals surface area (Å²) in [6.07, 6.45) is 2.12. The number of aryl methyl sites for hydroxylation is 1. The number of nitrogens with one attached hydrogen (secondary N) is 1. The molecule has 0 saturated heterocycles. The number of tetrazole rings is 1. The normalized spacial score (nSPS) is 11.4. The van der Waals surface area contributed by atoms with Crippen LogP contribution < -0.4 is 5.56 Å². The summed E-state index contributed by atoms with van der Waals surface area (Å²) < 4.78 is 1.81. The van der Waals surface area contributed by atoms with Gasteiger partial charge in [0.25, 0.3) is 5.56 Å². The van der Waals surface area contributed by atoms with Crippen LogP contribution in [0.15, 0.2) is 32.8 Å². The average molecular weight is 405 g/mol. The molecule has 0 aromatic carbocycles. The van der Waals surface area contributed by atoms with Crippen molar-refractivity contribution >= 4 is 44.7 Å². The number of nitrogens with zero attached hydrogens (tertiary/aromatic N) is 5. The van der Waals surface area contributed by atoms with Gasteiger partial charge in [0.15, 0.2) is 11.0 Å². The van der Waals surface area contributed by atoms with Gasteiger partial charge in [0.1, 0.15) is 4.83 Å². The Kier molecular flexibility index (Phi) is 5.14. The molecule has 4 aromatic heterocycles. The van der Waals surface area contributed by atoms with Crippen molar-refractivity contribution < 1.29 is 0 Å². The molecule has 0 radical (unpaired) electrons. The van der Waals surface area contributed by atoms with Crippen LogP contribution in [0.3, 0.4) is 0 Å². The number of thioether (sulfide) groups is 1. The third kappa shape index (κ3) is 3.44. The van der Waals surface area contributed by atoms with Crippen molar-refractivity contribution in [1.82, 2.24) is 30.2 Å². The lowest BCUT2D eigenvalue weighted by Crippen LogP contribution is -2.09. The zero-order valence-corrected chi connectivity index (χ0v) is 16.5. The van der Waals surface area contributed by atoms with Crippen molar-refractivity contribution in [2.24, 2.45) is 0 Å². The fourth-order valence-corrected chi connectivity index (χ4v) is 5.17. The molecule has 1 N–H and O–H groups in total. The smallest absolute Gasteiger partial charge is 0.260 e. The minimum atomic E-state index is -0.104. The summed E-state index contributed by atoms with van der Waals surface area (Å²) in [7, 11) is 0. The molecule has 0 fully saturated rings. The van der Waals surface area contributed by atoms with Gasteiger partial charge in [-0.1, -0.05) is 31.2 Å². The topological polar surface area (TPSA) is 89.3 Å². The van der Waals surface area contributed by atoms with E-state index in [4.69, 9.17) is 0 Å². The first-order chi connectivity index (χ1) is 12.8. The SMILES string of the molecule is CCCCn1nnnc1CSc1nc2scc(-c3cccs3)c2c(=O)[nH]1. The van der Waals surface area contributed by atoms with E-state index in [1.807, 2.05) is 27.6 Å². The lowest BCUT2D eigenvalue weighted by Gasteiger charge is -2.03. The quantitative estimate of drug-likeness (QED) is 0.372. The highest BCUT2D eigenvalue weighted by Gasteiger charge is 2.14. The molecular weight excluding hydrogens is 388 g/mol. The maximum absolute atomic E-state index is 12.6. The summed E-state index contributed by atoms with van der Waals surface area (Å²) in [5.74, 6) is 1.35. The molecule has 0 amide bonds. The molecule has 0 saturated carbocycles. The van der Waals surface area contributed by atoms with E-state index in [0.717, 1.165) is 40.5 Å². The summed E-state index contributed by atoms with van der Waals surface area (Å²) in [6, 6.07) is 4.00. The number of hydrogen-bond acceptors (Lipinski definition) is 8. The first kappa shape index (κ1) is 17.4. The third-order valence-corrected chi connectivity index (χ3v) is 6.52. The molecular formula is C16H16N6OS3. The Hall–Kier alpha value is -2.04. The van der Waals surface area contributed by atoms with E-state index >= 15 is 0 Å². The van der Waals surface area contributed by atoms with Crippen LogP contribution >= 0.6 is 34.4 Å². The van der Waals surface area contributed by atoms with Gasteiger partial charge < -0.3 is 4.98 Å². The van der Waals surface area contributed by atoms with Gasteiger partial charge in [-0.3, -0.25) is 4.79 Å². The van der Waals surface area contributed by atoms with Crippen molar-refractivity contribution in [3.63, 3.8) is 0 Å². The maximum atomic E-state index is 12.6. The molecule has 4 heterocycles. The molecule has 0 spiro atoms. The first-order valence-corrected chi connectivity index (χ1v) is 10.9. The molecule has 0 atom stereocenters. The minimum Gasteiger partial charge on any atom is -0.301 e. The highest BCUT2D eigenvalue weighted by atomic mass is 32.2. The van der Waals surface area contributed by atoms with Crippen LogP contribution in [0.4, 0.5) is 0 Å². The Morgan fingerprint density at radius 3 is 3.08 bits per heavy atom. The summed E-state index contributed by atoms with van der Waals surface area (Å²) in [5, 5.41) is 17.1. The monoisotopic (exact) mass is 404 g/mol. The summed E-state index contributed by atoms with van der Waals surface area (Å²) >= 11 is 4.56. The molecule has 134 valence electrons. The molecule has 0 aliphatic heterocycles. The Balaban J connectivity index is 1.57. The summed E-state index contributed by atoms with van der Waals surface area (Å²) in [6.45, 7) is 2.94. The van der Waals surface area contributed by atoms with Crippen molar-refractivity contribution in [3.05, 3.63) is 39.1 Å². The fraction of sp³-hybridized carbons (Fsp3) is 0.312. The van der Waals surface area contributed by atoms with Gasteiger partial charge in [-0.25, -0.2) is 9.67 Å². The number of unbranched alkanes of at least 4 members (excludes halogenated alkanes) is 1. The fourth-order valence-electron chi connectivity index (χ4n) is 2.55. The van der Waals surface area contributed by atoms with Gasteiger partial charge in [0, 0.05) is 22.4 Å². The number of rotatable bonds is 7. The summed E-state index contributed by atoms with van der Waals surface area (Å²) in [4.78, 5) is 21.9. The molecule has 4 aromatic rings. The van der Waals surface area contributed by atoms with Crippen LogP contribution in [-0.4, -0.2) is 30.2 Å². The van der Waals surface area contributed by atoms with E-state index in [1.54, 1.807) is 11.3 Å². The van der Waals surface area contributed by atoms with Gasteiger partial charge in [-0.2, -0.15) is 0 Å². The molecule has 7 nitrogen and oxygen atoms in total. The largest absolute Gasteiger partial charge is 0.301 e. The van der Waals surface area contributed by atoms with Crippen LogP contribution in [0.1, 0.15) is 25.6 Å². The second-order valence-corrected chi connectivity index (χ2v) is 8.41. The van der Waals surface area contributed by atoms with E-state index in [2.05, 4.69) is 32.4 Å². The Labute approximate surface area is 161 Å². The van der Waals surface area contributed by atoms with Crippen LogP contribution in [0.25, 0.3) is 20.7 Å². The number of aromatic nitrogens is 6. The van der Waals surface area contributed by atoms with Crippen molar-refractivity contribution in [1.29, 1.82) is 0 Å². The minimum absolute atomic E-state index is 0.104. The molecule has 4 rings (SSSR count). The van der Waals surface area contributed by atoms with Gasteiger partial charge in [0.2, 0.25) is 0 Å². The number of hydrogen-bond donors (Lipinski definition) is 1. The van der Waals surface area contributed by atoms with E-state index in [0.29, 0.717) is 16.3 Å². The Bertz CT molecular complexity index is 1070. The van der Waals surface area contributed by atoms with Gasteiger partial charge >= 0.3 is 0 Å². The van der Waals surface area contributed by atoms with Crippen LogP contribution in [0, 0.1) is 0 Å². The molecule has 26 heavy (non-hydrogen) atoms. The number of thiophene rings is 2. The summed E-state index contributed by atoms with van der Waals surface area (Å²) in [5.41, 5.74) is 0.849. The standard InChI is InChI=1S/C16H16N6OS3/c1-2-3-6-22-12(19-20-21-22)9-26-16-17-14(23)13-10(8-25-15(13)18-16)11-5-4-7-24-11/h4-5,7-8H,2-3,6,9H2,1H3,(H,17,18,23). The number of H-pyrrole nitrogens is 1. The molecule has 0 bridgehead atoms. The molecule has 0 unspecified atom stereocenters. The van der Waals surface area contributed by atoms with Crippen molar-refractivity contribution in [3.8, 4) is 10.4 Å². The zero-order valence-electron chi connectivity index (χ0n) is 14.0. The second kappa shape index (κ2) is 7.68. The highest BCUT2D eigenvalue weighted by Crippen LogP contribution is 2.34. The molecule has 10 heteroatoms. The van der Waals surface area contributed by atoms with Gasteiger partial charge in [-0.05, 0) is 28.3 Å². The maximum Gasteiger partial charge on any atom is 0.260 e. The van der Waals surface area contributed by atoms with Crippen LogP contribution in [-0.2, 0) is 12.3 Å².